The molecule has 1 unspecified atom stereocenters. The molecule has 0 aliphatic heterocycles. The van der Waals surface area contributed by atoms with Crippen molar-refractivity contribution in [2.45, 2.75) is 33.6 Å². The van der Waals surface area contributed by atoms with Crippen molar-refractivity contribution in [3.63, 3.8) is 0 Å². The molecule has 0 bridgehead atoms. The van der Waals surface area contributed by atoms with Gasteiger partial charge in [0, 0.05) is 30.3 Å². The highest BCUT2D eigenvalue weighted by Crippen LogP contribution is 2.17. The van der Waals surface area contributed by atoms with Crippen LogP contribution < -0.4 is 11.1 Å². The molecule has 0 saturated carbocycles. The van der Waals surface area contributed by atoms with E-state index in [9.17, 15) is 4.79 Å². The van der Waals surface area contributed by atoms with Gasteiger partial charge in [-0.05, 0) is 13.3 Å². The molecule has 0 aliphatic rings. The molecular formula is C12H23Cl2N3OS. The van der Waals surface area contributed by atoms with E-state index >= 15 is 0 Å². The Labute approximate surface area is 131 Å². The van der Waals surface area contributed by atoms with Crippen molar-refractivity contribution >= 4 is 42.1 Å². The van der Waals surface area contributed by atoms with E-state index in [1.165, 1.54) is 10.6 Å². The molecule has 0 aromatic carbocycles. The van der Waals surface area contributed by atoms with Crippen molar-refractivity contribution in [3.05, 3.63) is 15.6 Å². The molecule has 19 heavy (non-hydrogen) atoms. The second-order valence-corrected chi connectivity index (χ2v) is 5.43. The minimum absolute atomic E-state index is 0. The third-order valence-corrected chi connectivity index (χ3v) is 3.78. The summed E-state index contributed by atoms with van der Waals surface area (Å²) >= 11 is 1.72. The number of aryl methyl sites for hydroxylation is 2. The smallest absolute Gasteiger partial charge is 0.224 e. The molecule has 0 fully saturated rings. The summed E-state index contributed by atoms with van der Waals surface area (Å²) in [6.45, 7) is 7.06. The van der Waals surface area contributed by atoms with Crippen molar-refractivity contribution in [2.24, 2.45) is 11.7 Å². The number of carbonyl (C=O) groups excluding carboxylic acids is 1. The molecule has 1 heterocycles. The van der Waals surface area contributed by atoms with Crippen LogP contribution in [0.15, 0.2) is 0 Å². The fourth-order valence-electron chi connectivity index (χ4n) is 1.50. The Morgan fingerprint density at radius 3 is 2.58 bits per heavy atom. The summed E-state index contributed by atoms with van der Waals surface area (Å²) in [5, 5.41) is 3.97. The maximum Gasteiger partial charge on any atom is 0.224 e. The lowest BCUT2D eigenvalue weighted by atomic mass is 10.2. The van der Waals surface area contributed by atoms with Crippen LogP contribution in [0.2, 0.25) is 0 Å². The quantitative estimate of drug-likeness (QED) is 0.840. The number of nitrogens with zero attached hydrogens (tertiary/aromatic N) is 1. The standard InChI is InChI=1S/C12H21N3OS.2ClH/c1-4-10-9(3)17-11(15-10)5-6-14-12(16)8(2)7-13;;/h8H,4-7,13H2,1-3H3,(H,14,16);2*1H. The Morgan fingerprint density at radius 2 is 2.11 bits per heavy atom. The summed E-state index contributed by atoms with van der Waals surface area (Å²) in [4.78, 5) is 17.3. The van der Waals surface area contributed by atoms with Crippen LogP contribution in [0, 0.1) is 12.8 Å². The van der Waals surface area contributed by atoms with Crippen molar-refractivity contribution in [1.82, 2.24) is 10.3 Å². The van der Waals surface area contributed by atoms with Crippen LogP contribution in [0.1, 0.15) is 29.4 Å². The first-order valence-electron chi connectivity index (χ1n) is 6.01. The Bertz CT molecular complexity index is 385. The zero-order valence-corrected chi connectivity index (χ0v) is 14.0. The highest BCUT2D eigenvalue weighted by Gasteiger charge is 2.10. The summed E-state index contributed by atoms with van der Waals surface area (Å²) in [5.74, 6) is -0.0873. The van der Waals surface area contributed by atoms with E-state index in [-0.39, 0.29) is 36.6 Å². The van der Waals surface area contributed by atoms with Gasteiger partial charge in [0.05, 0.1) is 10.7 Å². The average Bonchev–Trinajstić information content (AvgIpc) is 2.68. The molecule has 0 radical (unpaired) electrons. The van der Waals surface area contributed by atoms with Gasteiger partial charge in [0.15, 0.2) is 0 Å². The maximum atomic E-state index is 11.5. The Balaban J connectivity index is 0. The van der Waals surface area contributed by atoms with E-state index in [4.69, 9.17) is 5.73 Å². The van der Waals surface area contributed by atoms with Crippen LogP contribution in [0.25, 0.3) is 0 Å². The van der Waals surface area contributed by atoms with E-state index < -0.39 is 0 Å². The van der Waals surface area contributed by atoms with E-state index in [0.29, 0.717) is 13.1 Å². The third-order valence-electron chi connectivity index (χ3n) is 2.71. The second kappa shape index (κ2) is 10.4. The number of nitrogens with one attached hydrogen (secondary N) is 1. The minimum atomic E-state index is -0.112. The molecular weight excluding hydrogens is 305 g/mol. The summed E-state index contributed by atoms with van der Waals surface area (Å²) in [6, 6.07) is 0. The molecule has 7 heteroatoms. The molecule has 112 valence electrons. The van der Waals surface area contributed by atoms with E-state index in [0.717, 1.165) is 17.8 Å². The predicted octanol–water partition coefficient (Wildman–Crippen LogP) is 2.11. The third kappa shape index (κ3) is 6.56. The first kappa shape index (κ1) is 20.9. The van der Waals surface area contributed by atoms with E-state index in [2.05, 4.69) is 24.1 Å². The highest BCUT2D eigenvalue weighted by molar-refractivity contribution is 7.11. The molecule has 3 N–H and O–H groups in total. The second-order valence-electron chi connectivity index (χ2n) is 4.14. The van der Waals surface area contributed by atoms with Crippen molar-refractivity contribution in [3.8, 4) is 0 Å². The van der Waals surface area contributed by atoms with Crippen LogP contribution in [-0.2, 0) is 17.6 Å². The number of rotatable bonds is 6. The maximum absolute atomic E-state index is 11.5. The molecule has 1 rings (SSSR count). The molecule has 0 aliphatic carbocycles. The fraction of sp³-hybridized carbons (Fsp3) is 0.667. The molecule has 1 aromatic heterocycles. The van der Waals surface area contributed by atoms with Crippen LogP contribution in [0.4, 0.5) is 0 Å². The summed E-state index contributed by atoms with van der Waals surface area (Å²) < 4.78 is 0. The Kier molecular flexibility index (Phi) is 11.5. The van der Waals surface area contributed by atoms with Crippen LogP contribution >= 0.6 is 36.2 Å². The van der Waals surface area contributed by atoms with Crippen molar-refractivity contribution in [1.29, 1.82) is 0 Å². The van der Waals surface area contributed by atoms with Gasteiger partial charge in [0.25, 0.3) is 0 Å². The monoisotopic (exact) mass is 327 g/mol. The number of amides is 1. The molecule has 1 amide bonds. The van der Waals surface area contributed by atoms with Crippen LogP contribution in [-0.4, -0.2) is 24.0 Å². The molecule has 0 saturated heterocycles. The number of carbonyl (C=O) groups is 1. The van der Waals surface area contributed by atoms with Gasteiger partial charge in [0.2, 0.25) is 5.91 Å². The number of hydrogen-bond donors (Lipinski definition) is 2. The largest absolute Gasteiger partial charge is 0.355 e. The highest BCUT2D eigenvalue weighted by atomic mass is 35.5. The molecule has 0 spiro atoms. The SMILES string of the molecule is CCc1nc(CCNC(=O)C(C)CN)sc1C.Cl.Cl. The normalized spacial score (nSPS) is 11.2. The Morgan fingerprint density at radius 1 is 1.47 bits per heavy atom. The number of hydrogen-bond acceptors (Lipinski definition) is 4. The lowest BCUT2D eigenvalue weighted by Crippen LogP contribution is -2.34. The van der Waals surface area contributed by atoms with E-state index in [1.54, 1.807) is 11.3 Å². The van der Waals surface area contributed by atoms with Crippen molar-refractivity contribution < 1.29 is 4.79 Å². The topological polar surface area (TPSA) is 68.0 Å². The van der Waals surface area contributed by atoms with Gasteiger partial charge in [-0.25, -0.2) is 4.98 Å². The first-order chi connectivity index (χ1) is 8.08. The van der Waals surface area contributed by atoms with Gasteiger partial charge in [-0.2, -0.15) is 0 Å². The van der Waals surface area contributed by atoms with E-state index in [1.807, 2.05) is 6.92 Å². The molecule has 1 aromatic rings. The number of thiazole rings is 1. The summed E-state index contributed by atoms with van der Waals surface area (Å²) in [6.07, 6.45) is 1.77. The zero-order chi connectivity index (χ0) is 12.8. The fourth-order valence-corrected chi connectivity index (χ4v) is 2.52. The lowest BCUT2D eigenvalue weighted by Gasteiger charge is -2.08. The lowest BCUT2D eigenvalue weighted by molar-refractivity contribution is -0.124. The van der Waals surface area contributed by atoms with Gasteiger partial charge in [-0.1, -0.05) is 13.8 Å². The number of nitrogens with two attached hydrogens (primary N) is 1. The average molecular weight is 328 g/mol. The van der Waals surface area contributed by atoms with Gasteiger partial charge in [0.1, 0.15) is 0 Å². The van der Waals surface area contributed by atoms with Gasteiger partial charge in [-0.3, -0.25) is 4.79 Å². The van der Waals surface area contributed by atoms with Gasteiger partial charge < -0.3 is 11.1 Å². The summed E-state index contributed by atoms with van der Waals surface area (Å²) in [5.41, 5.74) is 6.60. The first-order valence-corrected chi connectivity index (χ1v) is 6.83. The van der Waals surface area contributed by atoms with Gasteiger partial charge >= 0.3 is 0 Å². The van der Waals surface area contributed by atoms with Crippen molar-refractivity contribution in [2.75, 3.05) is 13.1 Å². The van der Waals surface area contributed by atoms with Crippen LogP contribution in [0.5, 0.6) is 0 Å². The number of halogens is 2. The molecule has 4 nitrogen and oxygen atoms in total. The Hall–Kier alpha value is -0.360. The van der Waals surface area contributed by atoms with Gasteiger partial charge in [-0.15, -0.1) is 36.2 Å². The van der Waals surface area contributed by atoms with Crippen LogP contribution in [0.3, 0.4) is 0 Å². The predicted molar refractivity (Wildman–Crippen MR) is 85.7 cm³/mol. The summed E-state index contributed by atoms with van der Waals surface area (Å²) in [7, 11) is 0. The number of aromatic nitrogens is 1. The zero-order valence-electron chi connectivity index (χ0n) is 11.6. The molecule has 1 atom stereocenters. The minimum Gasteiger partial charge on any atom is -0.355 e.